The minimum absolute atomic E-state index is 0. The molecule has 0 unspecified atom stereocenters. The number of halogens is 4. The number of thiocarbonyl (C=S) groups is 1. The number of carbonyl (C=O) groups is 1. The Balaban J connectivity index is 0.00000200. The monoisotopic (exact) mass is 373 g/mol. The highest BCUT2D eigenvalue weighted by molar-refractivity contribution is 7.80. The number of hydrogen-bond donors (Lipinski definition) is 2. The van der Waals surface area contributed by atoms with Gasteiger partial charge in [0.25, 0.3) is 0 Å². The van der Waals surface area contributed by atoms with Crippen LogP contribution < -0.4 is 10.6 Å². The van der Waals surface area contributed by atoms with E-state index in [4.69, 9.17) is 47.0 Å². The van der Waals surface area contributed by atoms with Gasteiger partial charge in [-0.1, -0.05) is 34.8 Å². The van der Waals surface area contributed by atoms with Gasteiger partial charge >= 0.3 is 0 Å². The Hall–Kier alpha value is -0.460. The summed E-state index contributed by atoms with van der Waals surface area (Å²) in [5.41, 5.74) is 0.357. The molecular formula is C11H11Cl4N3OS. The molecule has 9 heteroatoms. The summed E-state index contributed by atoms with van der Waals surface area (Å²) in [6.07, 6.45) is 0. The van der Waals surface area contributed by atoms with Gasteiger partial charge in [-0.15, -0.1) is 12.4 Å². The average molecular weight is 375 g/mol. The molecular weight excluding hydrogens is 364 g/mol. The maximum absolute atomic E-state index is 11.9. The number of amides is 1. The number of anilines is 1. The lowest BCUT2D eigenvalue weighted by atomic mass is 10.3. The molecule has 1 aromatic rings. The number of carbonyl (C=O) groups excluding carboxylic acids is 1. The number of nitrogens with zero attached hydrogens (tertiary/aromatic N) is 1. The highest BCUT2D eigenvalue weighted by atomic mass is 35.5. The zero-order chi connectivity index (χ0) is 14.0. The molecule has 1 aliphatic rings. The van der Waals surface area contributed by atoms with E-state index < -0.39 is 0 Å². The van der Waals surface area contributed by atoms with Crippen LogP contribution in [0.3, 0.4) is 0 Å². The predicted octanol–water partition coefficient (Wildman–Crippen LogP) is 3.20. The Labute approximate surface area is 143 Å². The molecule has 2 rings (SSSR count). The molecule has 0 aliphatic carbocycles. The van der Waals surface area contributed by atoms with Crippen LogP contribution in [0.4, 0.5) is 5.69 Å². The number of nitrogens with one attached hydrogen (secondary N) is 2. The molecule has 0 saturated carbocycles. The van der Waals surface area contributed by atoms with Crippen LogP contribution >= 0.6 is 59.4 Å². The van der Waals surface area contributed by atoms with Crippen molar-refractivity contribution in [2.45, 2.75) is 0 Å². The Morgan fingerprint density at radius 3 is 2.45 bits per heavy atom. The van der Waals surface area contributed by atoms with E-state index in [1.165, 1.54) is 12.1 Å². The van der Waals surface area contributed by atoms with Gasteiger partial charge in [0.2, 0.25) is 5.91 Å². The highest BCUT2D eigenvalue weighted by Gasteiger charge is 2.19. The first-order valence-corrected chi connectivity index (χ1v) is 6.99. The summed E-state index contributed by atoms with van der Waals surface area (Å²) < 4.78 is 0. The topological polar surface area (TPSA) is 44.4 Å². The van der Waals surface area contributed by atoms with Gasteiger partial charge in [0.1, 0.15) is 0 Å². The second kappa shape index (κ2) is 7.52. The smallest absolute Gasteiger partial charge is 0.244 e. The minimum atomic E-state index is -0.239. The molecule has 2 N–H and O–H groups in total. The van der Waals surface area contributed by atoms with E-state index in [0.29, 0.717) is 32.4 Å². The van der Waals surface area contributed by atoms with Gasteiger partial charge < -0.3 is 15.5 Å². The molecule has 1 fully saturated rings. The van der Waals surface area contributed by atoms with Crippen LogP contribution in [0.15, 0.2) is 12.1 Å². The number of hydrogen-bond acceptors (Lipinski definition) is 2. The molecule has 110 valence electrons. The van der Waals surface area contributed by atoms with Crippen molar-refractivity contribution in [2.24, 2.45) is 0 Å². The van der Waals surface area contributed by atoms with Crippen LogP contribution in [0.5, 0.6) is 0 Å². The van der Waals surface area contributed by atoms with E-state index in [9.17, 15) is 4.79 Å². The van der Waals surface area contributed by atoms with Crippen LogP contribution in [-0.4, -0.2) is 35.6 Å². The molecule has 0 radical (unpaired) electrons. The quantitative estimate of drug-likeness (QED) is 0.797. The van der Waals surface area contributed by atoms with Crippen molar-refractivity contribution >= 4 is 76.1 Å². The maximum atomic E-state index is 11.9. The SMILES string of the molecule is Cl.O=C(CN1CCNC1=S)Nc1c(Cl)cc(Cl)cc1Cl. The molecule has 1 heterocycles. The van der Waals surface area contributed by atoms with Crippen LogP contribution in [0.1, 0.15) is 0 Å². The molecule has 0 spiro atoms. The van der Waals surface area contributed by atoms with Crippen molar-refractivity contribution < 1.29 is 4.79 Å². The molecule has 1 amide bonds. The van der Waals surface area contributed by atoms with Gasteiger partial charge in [-0.25, -0.2) is 0 Å². The normalized spacial score (nSPS) is 13.8. The predicted molar refractivity (Wildman–Crippen MR) is 89.5 cm³/mol. The zero-order valence-electron chi connectivity index (χ0n) is 10.1. The second-order valence-corrected chi connectivity index (χ2v) is 5.58. The van der Waals surface area contributed by atoms with E-state index in [0.717, 1.165) is 6.54 Å². The molecule has 1 aliphatic heterocycles. The Bertz CT molecular complexity index is 517. The first-order valence-electron chi connectivity index (χ1n) is 5.44. The van der Waals surface area contributed by atoms with Crippen molar-refractivity contribution in [2.75, 3.05) is 25.0 Å². The maximum Gasteiger partial charge on any atom is 0.244 e. The third-order valence-electron chi connectivity index (χ3n) is 2.55. The van der Waals surface area contributed by atoms with Crippen LogP contribution in [-0.2, 0) is 4.79 Å². The van der Waals surface area contributed by atoms with Gasteiger partial charge in [0.15, 0.2) is 5.11 Å². The Kier molecular flexibility index (Phi) is 6.61. The summed E-state index contributed by atoms with van der Waals surface area (Å²) in [5, 5.41) is 7.22. The van der Waals surface area contributed by atoms with Crippen molar-refractivity contribution in [1.29, 1.82) is 0 Å². The third kappa shape index (κ3) is 4.27. The van der Waals surface area contributed by atoms with Gasteiger partial charge in [-0.2, -0.15) is 0 Å². The van der Waals surface area contributed by atoms with Gasteiger partial charge in [0.05, 0.1) is 22.3 Å². The lowest BCUT2D eigenvalue weighted by Crippen LogP contribution is -2.35. The van der Waals surface area contributed by atoms with E-state index in [1.807, 2.05) is 0 Å². The van der Waals surface area contributed by atoms with Crippen molar-refractivity contribution in [3.05, 3.63) is 27.2 Å². The average Bonchev–Trinajstić information content (AvgIpc) is 2.69. The summed E-state index contributed by atoms with van der Waals surface area (Å²) in [6, 6.07) is 3.04. The fourth-order valence-electron chi connectivity index (χ4n) is 1.68. The number of benzene rings is 1. The first-order chi connectivity index (χ1) is 8.97. The van der Waals surface area contributed by atoms with Gasteiger partial charge in [-0.3, -0.25) is 4.79 Å². The van der Waals surface area contributed by atoms with Crippen LogP contribution in [0.25, 0.3) is 0 Å². The summed E-state index contributed by atoms with van der Waals surface area (Å²) >= 11 is 22.8. The number of rotatable bonds is 3. The van der Waals surface area contributed by atoms with E-state index in [-0.39, 0.29) is 24.9 Å². The van der Waals surface area contributed by atoms with E-state index in [1.54, 1.807) is 4.90 Å². The van der Waals surface area contributed by atoms with Crippen molar-refractivity contribution in [3.8, 4) is 0 Å². The highest BCUT2D eigenvalue weighted by Crippen LogP contribution is 2.33. The summed E-state index contributed by atoms with van der Waals surface area (Å²) in [4.78, 5) is 13.7. The lowest BCUT2D eigenvalue weighted by Gasteiger charge is -2.16. The third-order valence-corrected chi connectivity index (χ3v) is 3.77. The van der Waals surface area contributed by atoms with Crippen molar-refractivity contribution in [1.82, 2.24) is 10.2 Å². The standard InChI is InChI=1S/C11H10Cl3N3OS.ClH/c12-6-3-7(13)10(8(14)4-6)16-9(18)5-17-2-1-15-11(17)19;/h3-4H,1-2,5H2,(H,15,19)(H,16,18);1H. The molecule has 4 nitrogen and oxygen atoms in total. The Morgan fingerprint density at radius 2 is 1.95 bits per heavy atom. The second-order valence-electron chi connectivity index (χ2n) is 3.95. The Morgan fingerprint density at radius 1 is 1.35 bits per heavy atom. The van der Waals surface area contributed by atoms with E-state index in [2.05, 4.69) is 10.6 Å². The lowest BCUT2D eigenvalue weighted by molar-refractivity contribution is -0.116. The van der Waals surface area contributed by atoms with Gasteiger partial charge in [0, 0.05) is 18.1 Å². The molecule has 0 aromatic heterocycles. The van der Waals surface area contributed by atoms with Crippen LogP contribution in [0, 0.1) is 0 Å². The largest absolute Gasteiger partial charge is 0.361 e. The van der Waals surface area contributed by atoms with Gasteiger partial charge in [-0.05, 0) is 24.4 Å². The van der Waals surface area contributed by atoms with E-state index >= 15 is 0 Å². The molecule has 1 saturated heterocycles. The summed E-state index contributed by atoms with van der Waals surface area (Å²) in [5.74, 6) is -0.239. The fraction of sp³-hybridized carbons (Fsp3) is 0.273. The zero-order valence-corrected chi connectivity index (χ0v) is 14.0. The summed E-state index contributed by atoms with van der Waals surface area (Å²) in [6.45, 7) is 1.60. The fourth-order valence-corrected chi connectivity index (χ4v) is 2.85. The minimum Gasteiger partial charge on any atom is -0.361 e. The van der Waals surface area contributed by atoms with Crippen molar-refractivity contribution in [3.63, 3.8) is 0 Å². The molecule has 20 heavy (non-hydrogen) atoms. The molecule has 0 bridgehead atoms. The first kappa shape index (κ1) is 17.6. The molecule has 0 atom stereocenters. The summed E-state index contributed by atoms with van der Waals surface area (Å²) in [7, 11) is 0. The van der Waals surface area contributed by atoms with Crippen LogP contribution in [0.2, 0.25) is 15.1 Å². The molecule has 1 aromatic carbocycles.